The molecule has 202 valence electrons. The van der Waals surface area contributed by atoms with Crippen molar-refractivity contribution in [1.82, 2.24) is 5.43 Å². The van der Waals surface area contributed by atoms with E-state index in [9.17, 15) is 9.59 Å². The molecule has 0 fully saturated rings. The Bertz CT molecular complexity index is 1500. The number of carbonyl (C=O) groups excluding carboxylic acids is 2. The van der Waals surface area contributed by atoms with Gasteiger partial charge in [-0.1, -0.05) is 17.7 Å². The number of ether oxygens (including phenoxy) is 3. The van der Waals surface area contributed by atoms with Gasteiger partial charge in [-0.2, -0.15) is 5.10 Å². The van der Waals surface area contributed by atoms with Crippen LogP contribution in [0, 0.1) is 10.5 Å². The molecule has 0 radical (unpaired) electrons. The minimum Gasteiger partial charge on any atom is -0.494 e. The van der Waals surface area contributed by atoms with Gasteiger partial charge < -0.3 is 23.9 Å². The molecule has 10 heteroatoms. The van der Waals surface area contributed by atoms with Crippen molar-refractivity contribution in [3.8, 4) is 17.2 Å². The van der Waals surface area contributed by atoms with Crippen molar-refractivity contribution in [3.63, 3.8) is 0 Å². The van der Waals surface area contributed by atoms with E-state index in [1.54, 1.807) is 24.3 Å². The summed E-state index contributed by atoms with van der Waals surface area (Å²) in [6, 6.07) is 18.0. The van der Waals surface area contributed by atoms with Crippen molar-refractivity contribution >= 4 is 57.3 Å². The highest BCUT2D eigenvalue weighted by Gasteiger charge is 2.15. The monoisotopic (exact) mass is 641 g/mol. The summed E-state index contributed by atoms with van der Waals surface area (Å²) in [6.45, 7) is 6.50. The summed E-state index contributed by atoms with van der Waals surface area (Å²) in [4.78, 5) is 25.0. The van der Waals surface area contributed by atoms with E-state index >= 15 is 0 Å². The van der Waals surface area contributed by atoms with Crippen molar-refractivity contribution in [1.29, 1.82) is 0 Å². The number of anilines is 1. The minimum atomic E-state index is -0.486. The molecule has 2 N–H and O–H groups in total. The summed E-state index contributed by atoms with van der Waals surface area (Å²) in [6.07, 6.45) is 1.49. The topological polar surface area (TPSA) is 111 Å². The molecule has 1 heterocycles. The molecule has 9 nitrogen and oxygen atoms in total. The molecule has 39 heavy (non-hydrogen) atoms. The molecule has 1 aromatic heterocycles. The SMILES string of the molecule is CCOc1ccc2oc(C(=O)N/N=C/c3cc(I)c(OCC(=O)Nc4ccc(C)cc4)c(OCC)c3)cc2c1. The van der Waals surface area contributed by atoms with Crippen LogP contribution in [0.2, 0.25) is 0 Å². The van der Waals surface area contributed by atoms with E-state index in [1.165, 1.54) is 6.21 Å². The van der Waals surface area contributed by atoms with Gasteiger partial charge in [0.05, 0.1) is 23.0 Å². The van der Waals surface area contributed by atoms with Crippen LogP contribution in [0.3, 0.4) is 0 Å². The van der Waals surface area contributed by atoms with E-state index in [0.29, 0.717) is 47.3 Å². The van der Waals surface area contributed by atoms with Crippen LogP contribution >= 0.6 is 22.6 Å². The molecule has 0 spiro atoms. The second-order valence-electron chi connectivity index (χ2n) is 8.41. The molecule has 0 aliphatic rings. The number of furan rings is 1. The zero-order chi connectivity index (χ0) is 27.8. The predicted molar refractivity (Wildman–Crippen MR) is 158 cm³/mol. The molecule has 2 amide bonds. The summed E-state index contributed by atoms with van der Waals surface area (Å²) >= 11 is 2.10. The second kappa shape index (κ2) is 13.1. The van der Waals surface area contributed by atoms with Gasteiger partial charge in [-0.05, 0) is 97.5 Å². The van der Waals surface area contributed by atoms with Crippen LogP contribution in [0.1, 0.15) is 35.5 Å². The fraction of sp³-hybridized carbons (Fsp3) is 0.207. The summed E-state index contributed by atoms with van der Waals surface area (Å²) in [7, 11) is 0. The highest BCUT2D eigenvalue weighted by atomic mass is 127. The Kier molecular flexibility index (Phi) is 9.42. The van der Waals surface area contributed by atoms with E-state index in [4.69, 9.17) is 18.6 Å². The molecule has 0 saturated carbocycles. The standard InChI is InChI=1S/C29H28IN3O6/c1-4-36-22-10-11-24-20(14-22)15-26(39-24)29(35)33-31-16-19-12-23(30)28(25(13-19)37-5-2)38-17-27(34)32-21-8-6-18(3)7-9-21/h6-16H,4-5,17H2,1-3H3,(H,32,34)(H,33,35)/b31-16+. The Labute approximate surface area is 239 Å². The number of aryl methyl sites for hydroxylation is 1. The van der Waals surface area contributed by atoms with Crippen LogP contribution in [-0.4, -0.2) is 37.8 Å². The number of nitrogens with zero attached hydrogens (tertiary/aromatic N) is 1. The summed E-state index contributed by atoms with van der Waals surface area (Å²) in [5, 5.41) is 7.63. The average molecular weight is 641 g/mol. The van der Waals surface area contributed by atoms with Crippen molar-refractivity contribution < 1.29 is 28.2 Å². The van der Waals surface area contributed by atoms with Crippen LogP contribution in [-0.2, 0) is 4.79 Å². The molecule has 0 aliphatic heterocycles. The van der Waals surface area contributed by atoms with Crippen LogP contribution in [0.4, 0.5) is 5.69 Å². The Hall–Kier alpha value is -4.06. The van der Waals surface area contributed by atoms with E-state index < -0.39 is 5.91 Å². The third-order valence-corrected chi connectivity index (χ3v) is 6.22. The van der Waals surface area contributed by atoms with Gasteiger partial charge in [0.15, 0.2) is 23.9 Å². The first-order valence-electron chi connectivity index (χ1n) is 12.3. The third-order valence-electron chi connectivity index (χ3n) is 5.42. The number of hydrazone groups is 1. The molecule has 0 saturated heterocycles. The van der Waals surface area contributed by atoms with Gasteiger partial charge in [0.25, 0.3) is 5.91 Å². The number of amides is 2. The molecule has 4 aromatic rings. The maximum absolute atomic E-state index is 12.6. The van der Waals surface area contributed by atoms with Gasteiger partial charge in [0.2, 0.25) is 0 Å². The first-order valence-corrected chi connectivity index (χ1v) is 13.4. The third kappa shape index (κ3) is 7.50. The molecule has 0 unspecified atom stereocenters. The molecular weight excluding hydrogens is 613 g/mol. The second-order valence-corrected chi connectivity index (χ2v) is 9.57. The van der Waals surface area contributed by atoms with Gasteiger partial charge in [-0.3, -0.25) is 9.59 Å². The van der Waals surface area contributed by atoms with Crippen LogP contribution in [0.5, 0.6) is 17.2 Å². The smallest absolute Gasteiger partial charge is 0.307 e. The highest BCUT2D eigenvalue weighted by Crippen LogP contribution is 2.34. The maximum atomic E-state index is 12.6. The van der Waals surface area contributed by atoms with Gasteiger partial charge >= 0.3 is 5.91 Å². The van der Waals surface area contributed by atoms with Crippen LogP contribution in [0.25, 0.3) is 11.0 Å². The van der Waals surface area contributed by atoms with E-state index in [0.717, 1.165) is 14.5 Å². The highest BCUT2D eigenvalue weighted by molar-refractivity contribution is 14.1. The number of nitrogens with one attached hydrogen (secondary N) is 2. The van der Waals surface area contributed by atoms with Gasteiger partial charge in [-0.15, -0.1) is 0 Å². The molecule has 4 rings (SSSR count). The Morgan fingerprint density at radius 1 is 0.974 bits per heavy atom. The fourth-order valence-electron chi connectivity index (χ4n) is 3.65. The van der Waals surface area contributed by atoms with Gasteiger partial charge in [0, 0.05) is 11.1 Å². The molecule has 0 bridgehead atoms. The first-order chi connectivity index (χ1) is 18.9. The lowest BCUT2D eigenvalue weighted by Gasteiger charge is -2.14. The summed E-state index contributed by atoms with van der Waals surface area (Å²) in [5.41, 5.74) is 5.53. The lowest BCUT2D eigenvalue weighted by Crippen LogP contribution is -2.20. The first kappa shape index (κ1) is 28.0. The fourth-order valence-corrected chi connectivity index (χ4v) is 4.43. The zero-order valence-corrected chi connectivity index (χ0v) is 23.9. The van der Waals surface area contributed by atoms with Crippen molar-refractivity contribution in [2.45, 2.75) is 20.8 Å². The number of benzene rings is 3. The Balaban J connectivity index is 1.40. The quantitative estimate of drug-likeness (QED) is 0.120. The zero-order valence-electron chi connectivity index (χ0n) is 21.7. The van der Waals surface area contributed by atoms with Crippen LogP contribution < -0.4 is 25.0 Å². The molecule has 0 aliphatic carbocycles. The number of rotatable bonds is 11. The average Bonchev–Trinajstić information content (AvgIpc) is 3.34. The lowest BCUT2D eigenvalue weighted by atomic mass is 10.2. The number of fused-ring (bicyclic) bond motifs is 1. The van der Waals surface area contributed by atoms with Crippen molar-refractivity contribution in [2.24, 2.45) is 5.10 Å². The normalized spacial score (nSPS) is 11.0. The molecule has 3 aromatic carbocycles. The molecular formula is C29H28IN3O6. The van der Waals surface area contributed by atoms with E-state index in [2.05, 4.69) is 38.4 Å². The van der Waals surface area contributed by atoms with Crippen molar-refractivity contribution in [2.75, 3.05) is 25.1 Å². The Morgan fingerprint density at radius 3 is 2.49 bits per heavy atom. The number of hydrogen-bond acceptors (Lipinski definition) is 7. The van der Waals surface area contributed by atoms with Crippen molar-refractivity contribution in [3.05, 3.63) is 81.1 Å². The number of carbonyl (C=O) groups is 2. The lowest BCUT2D eigenvalue weighted by molar-refractivity contribution is -0.118. The van der Waals surface area contributed by atoms with Gasteiger partial charge in [-0.25, -0.2) is 5.43 Å². The van der Waals surface area contributed by atoms with Crippen LogP contribution in [0.15, 0.2) is 70.2 Å². The number of hydrogen-bond donors (Lipinski definition) is 2. The number of halogens is 1. The van der Waals surface area contributed by atoms with Gasteiger partial charge in [0.1, 0.15) is 11.3 Å². The largest absolute Gasteiger partial charge is 0.494 e. The summed E-state index contributed by atoms with van der Waals surface area (Å²) < 4.78 is 23.4. The summed E-state index contributed by atoms with van der Waals surface area (Å²) in [5.74, 6) is 0.974. The predicted octanol–water partition coefficient (Wildman–Crippen LogP) is 5.92. The maximum Gasteiger partial charge on any atom is 0.307 e. The molecule has 0 atom stereocenters. The van der Waals surface area contributed by atoms with E-state index in [1.807, 2.05) is 57.2 Å². The minimum absolute atomic E-state index is 0.132. The van der Waals surface area contributed by atoms with E-state index in [-0.39, 0.29) is 18.3 Å². The Morgan fingerprint density at radius 2 is 1.74 bits per heavy atom.